The summed E-state index contributed by atoms with van der Waals surface area (Å²) in [7, 11) is 0. The normalized spacial score (nSPS) is 11.4. The van der Waals surface area contributed by atoms with E-state index in [-0.39, 0.29) is 11.5 Å². The predicted octanol–water partition coefficient (Wildman–Crippen LogP) is 5.87. The van der Waals surface area contributed by atoms with Crippen molar-refractivity contribution in [2.75, 3.05) is 5.32 Å². The Labute approximate surface area is 164 Å². The van der Waals surface area contributed by atoms with E-state index in [1.54, 1.807) is 24.4 Å². The van der Waals surface area contributed by atoms with Crippen molar-refractivity contribution in [3.63, 3.8) is 0 Å². The summed E-state index contributed by atoms with van der Waals surface area (Å²) in [5, 5.41) is 3.11. The number of oxazole rings is 1. The van der Waals surface area contributed by atoms with Crippen molar-refractivity contribution in [1.29, 1.82) is 0 Å². The Morgan fingerprint density at radius 3 is 2.55 bits per heavy atom. The molecule has 3 heterocycles. The average Bonchev–Trinajstić information content (AvgIpc) is 3.18. The summed E-state index contributed by atoms with van der Waals surface area (Å²) in [6.07, 6.45) is -1.30. The molecule has 0 fully saturated rings. The summed E-state index contributed by atoms with van der Waals surface area (Å²) >= 11 is 0. The van der Waals surface area contributed by atoms with Crippen LogP contribution in [0.3, 0.4) is 0 Å². The summed E-state index contributed by atoms with van der Waals surface area (Å²) in [4.78, 5) is 12.8. The van der Waals surface area contributed by atoms with Gasteiger partial charge in [0, 0.05) is 11.8 Å². The smallest absolute Gasteiger partial charge is 0.416 e. The van der Waals surface area contributed by atoms with Crippen LogP contribution >= 0.6 is 0 Å². The molecule has 0 amide bonds. The van der Waals surface area contributed by atoms with Gasteiger partial charge in [-0.3, -0.25) is 0 Å². The Balaban J connectivity index is 1.60. The lowest BCUT2D eigenvalue weighted by Gasteiger charge is -2.07. The van der Waals surface area contributed by atoms with E-state index >= 15 is 0 Å². The Morgan fingerprint density at radius 1 is 0.931 bits per heavy atom. The molecule has 4 aromatic rings. The van der Waals surface area contributed by atoms with Crippen LogP contribution in [0.15, 0.2) is 71.4 Å². The van der Waals surface area contributed by atoms with Gasteiger partial charge >= 0.3 is 6.18 Å². The second kappa shape index (κ2) is 7.38. The number of alkyl halides is 3. The third kappa shape index (κ3) is 4.26. The summed E-state index contributed by atoms with van der Waals surface area (Å²) in [5.41, 5.74) is 1.03. The molecule has 5 nitrogen and oxygen atoms in total. The highest BCUT2D eigenvalue weighted by Gasteiger charge is 2.30. The van der Waals surface area contributed by atoms with E-state index < -0.39 is 11.7 Å². The second-order valence-corrected chi connectivity index (χ2v) is 6.36. The van der Waals surface area contributed by atoms with Crippen molar-refractivity contribution >= 4 is 11.6 Å². The monoisotopic (exact) mass is 396 g/mol. The van der Waals surface area contributed by atoms with Crippen LogP contribution in [0.1, 0.15) is 11.1 Å². The van der Waals surface area contributed by atoms with E-state index in [1.165, 1.54) is 18.3 Å². The summed E-state index contributed by atoms with van der Waals surface area (Å²) in [6.45, 7) is 1.96. The molecule has 4 rings (SSSR count). The van der Waals surface area contributed by atoms with Crippen molar-refractivity contribution in [3.8, 4) is 22.9 Å². The molecule has 0 atom stereocenters. The standard InChI is InChI=1S/C21H15F3N4O/c1-13-8-9-25-19(10-13)28-18-7-3-6-16(27-18)17-12-26-20(29-17)14-4-2-5-15(11-14)21(22,23)24/h2-12H,1H3,(H,25,27,28). The van der Waals surface area contributed by atoms with E-state index in [0.717, 1.165) is 17.7 Å². The van der Waals surface area contributed by atoms with Crippen molar-refractivity contribution in [3.05, 3.63) is 78.1 Å². The van der Waals surface area contributed by atoms with Crippen LogP contribution in [0.2, 0.25) is 0 Å². The Hall–Kier alpha value is -3.68. The number of pyridine rings is 2. The van der Waals surface area contributed by atoms with Crippen LogP contribution in [-0.4, -0.2) is 15.0 Å². The molecule has 146 valence electrons. The molecule has 0 radical (unpaired) electrons. The molecule has 3 aromatic heterocycles. The number of anilines is 2. The van der Waals surface area contributed by atoms with Gasteiger partial charge in [0.15, 0.2) is 5.76 Å². The molecule has 0 spiro atoms. The Morgan fingerprint density at radius 2 is 1.76 bits per heavy atom. The van der Waals surface area contributed by atoms with Crippen LogP contribution in [0, 0.1) is 6.92 Å². The number of aromatic nitrogens is 3. The first kappa shape index (κ1) is 18.7. The van der Waals surface area contributed by atoms with E-state index in [0.29, 0.717) is 23.1 Å². The zero-order valence-corrected chi connectivity index (χ0v) is 15.2. The number of nitrogens with one attached hydrogen (secondary N) is 1. The zero-order chi connectivity index (χ0) is 20.4. The molecule has 1 N–H and O–H groups in total. The maximum absolute atomic E-state index is 12.9. The van der Waals surface area contributed by atoms with Gasteiger partial charge in [-0.1, -0.05) is 12.1 Å². The number of rotatable bonds is 4. The first-order valence-electron chi connectivity index (χ1n) is 8.69. The van der Waals surface area contributed by atoms with E-state index in [1.807, 2.05) is 19.1 Å². The molecule has 0 saturated heterocycles. The zero-order valence-electron chi connectivity index (χ0n) is 15.2. The lowest BCUT2D eigenvalue weighted by Crippen LogP contribution is -2.04. The molecule has 0 unspecified atom stereocenters. The molecule has 29 heavy (non-hydrogen) atoms. The Bertz CT molecular complexity index is 1150. The predicted molar refractivity (Wildman–Crippen MR) is 102 cm³/mol. The molecule has 0 bridgehead atoms. The third-order valence-corrected chi connectivity index (χ3v) is 4.12. The minimum atomic E-state index is -4.43. The quantitative estimate of drug-likeness (QED) is 0.467. The van der Waals surface area contributed by atoms with Gasteiger partial charge in [0.05, 0.1) is 11.8 Å². The van der Waals surface area contributed by atoms with Gasteiger partial charge in [-0.25, -0.2) is 15.0 Å². The Kier molecular flexibility index (Phi) is 4.75. The molecule has 0 aliphatic heterocycles. The molecular weight excluding hydrogens is 381 g/mol. The van der Waals surface area contributed by atoms with Gasteiger partial charge in [-0.15, -0.1) is 0 Å². The van der Waals surface area contributed by atoms with Crippen LogP contribution in [0.5, 0.6) is 0 Å². The first-order valence-corrected chi connectivity index (χ1v) is 8.69. The molecule has 0 aliphatic carbocycles. The van der Waals surface area contributed by atoms with E-state index in [2.05, 4.69) is 20.3 Å². The van der Waals surface area contributed by atoms with Gasteiger partial charge in [0.1, 0.15) is 17.3 Å². The molecule has 8 heteroatoms. The van der Waals surface area contributed by atoms with Crippen LogP contribution < -0.4 is 5.32 Å². The number of nitrogens with zero attached hydrogens (tertiary/aromatic N) is 3. The van der Waals surface area contributed by atoms with Crippen molar-refractivity contribution < 1.29 is 17.6 Å². The minimum Gasteiger partial charge on any atom is -0.434 e. The van der Waals surface area contributed by atoms with Crippen molar-refractivity contribution in [2.45, 2.75) is 13.1 Å². The van der Waals surface area contributed by atoms with E-state index in [4.69, 9.17) is 4.42 Å². The topological polar surface area (TPSA) is 63.8 Å². The van der Waals surface area contributed by atoms with Gasteiger partial charge in [-0.05, 0) is 55.0 Å². The fourth-order valence-electron chi connectivity index (χ4n) is 2.73. The fraction of sp³-hybridized carbons (Fsp3) is 0.0952. The summed E-state index contributed by atoms with van der Waals surface area (Å²) < 4.78 is 44.5. The SMILES string of the molecule is Cc1ccnc(Nc2cccc(-c3cnc(-c4cccc(C(F)(F)F)c4)o3)n2)c1. The number of hydrogen-bond donors (Lipinski definition) is 1. The average molecular weight is 396 g/mol. The van der Waals surface area contributed by atoms with Crippen molar-refractivity contribution in [1.82, 2.24) is 15.0 Å². The lowest BCUT2D eigenvalue weighted by molar-refractivity contribution is -0.137. The first-order chi connectivity index (χ1) is 13.9. The highest BCUT2D eigenvalue weighted by Crippen LogP contribution is 2.33. The number of benzene rings is 1. The van der Waals surface area contributed by atoms with Gasteiger partial charge < -0.3 is 9.73 Å². The highest BCUT2D eigenvalue weighted by atomic mass is 19.4. The minimum absolute atomic E-state index is 0.0895. The number of aryl methyl sites for hydroxylation is 1. The maximum Gasteiger partial charge on any atom is 0.416 e. The van der Waals surface area contributed by atoms with Crippen molar-refractivity contribution in [2.24, 2.45) is 0 Å². The summed E-state index contributed by atoms with van der Waals surface area (Å²) in [5.74, 6) is 1.64. The largest absolute Gasteiger partial charge is 0.434 e. The molecule has 0 saturated carbocycles. The van der Waals surface area contributed by atoms with Gasteiger partial charge in [0.25, 0.3) is 0 Å². The maximum atomic E-state index is 12.9. The third-order valence-electron chi connectivity index (χ3n) is 4.12. The van der Waals surface area contributed by atoms with Crippen LogP contribution in [-0.2, 0) is 6.18 Å². The number of hydrogen-bond acceptors (Lipinski definition) is 5. The highest BCUT2D eigenvalue weighted by molar-refractivity contribution is 5.62. The van der Waals surface area contributed by atoms with Gasteiger partial charge in [0.2, 0.25) is 5.89 Å². The van der Waals surface area contributed by atoms with Crippen LogP contribution in [0.25, 0.3) is 22.9 Å². The fourth-order valence-corrected chi connectivity index (χ4v) is 2.73. The second-order valence-electron chi connectivity index (χ2n) is 6.36. The van der Waals surface area contributed by atoms with Gasteiger partial charge in [-0.2, -0.15) is 13.2 Å². The molecular formula is C21H15F3N4O. The summed E-state index contributed by atoms with van der Waals surface area (Å²) in [6, 6.07) is 13.9. The molecule has 0 aliphatic rings. The number of halogens is 3. The lowest BCUT2D eigenvalue weighted by atomic mass is 10.1. The molecule has 1 aromatic carbocycles. The van der Waals surface area contributed by atoms with E-state index in [9.17, 15) is 13.2 Å². The van der Waals surface area contributed by atoms with Crippen LogP contribution in [0.4, 0.5) is 24.8 Å².